The van der Waals surface area contributed by atoms with Crippen molar-refractivity contribution >= 4 is 40.5 Å². The Morgan fingerprint density at radius 1 is 1.12 bits per heavy atom. The summed E-state index contributed by atoms with van der Waals surface area (Å²) in [6.45, 7) is -0.0617. The van der Waals surface area contributed by atoms with Gasteiger partial charge in [0.1, 0.15) is 11.6 Å². The van der Waals surface area contributed by atoms with Crippen LogP contribution in [0.4, 0.5) is 17.1 Å². The van der Waals surface area contributed by atoms with Crippen molar-refractivity contribution in [1.82, 2.24) is 0 Å². The molecule has 0 aliphatic heterocycles. The van der Waals surface area contributed by atoms with Crippen LogP contribution in [0, 0.1) is 10.1 Å². The lowest BCUT2D eigenvalue weighted by Gasteiger charge is -2.08. The highest BCUT2D eigenvalue weighted by molar-refractivity contribution is 6.32. The summed E-state index contributed by atoms with van der Waals surface area (Å²) < 4.78 is 4.71. The summed E-state index contributed by atoms with van der Waals surface area (Å²) in [5.41, 5.74) is 0.772. The molecule has 9 heteroatoms. The lowest BCUT2D eigenvalue weighted by molar-refractivity contribution is -0.384. The third kappa shape index (κ3) is 5.00. The van der Waals surface area contributed by atoms with Gasteiger partial charge in [-0.25, -0.2) is 0 Å². The Bertz CT molecular complexity index is 808. The maximum Gasteiger partial charge on any atom is 0.288 e. The third-order valence-electron chi connectivity index (χ3n) is 3.11. The molecule has 2 aromatic rings. The van der Waals surface area contributed by atoms with Crippen molar-refractivity contribution in [1.29, 1.82) is 0 Å². The van der Waals surface area contributed by atoms with E-state index in [-0.39, 0.29) is 28.8 Å². The van der Waals surface area contributed by atoms with Gasteiger partial charge in [0.2, 0.25) is 5.91 Å². The molecule has 0 aliphatic rings. The largest absolute Gasteiger partial charge is 0.375 e. The van der Waals surface area contributed by atoms with E-state index in [9.17, 15) is 19.7 Å². The summed E-state index contributed by atoms with van der Waals surface area (Å²) in [6, 6.07) is 10.2. The molecule has 0 radical (unpaired) electrons. The Balaban J connectivity index is 2.07. The monoisotopic (exact) mass is 363 g/mol. The Morgan fingerprint density at radius 2 is 1.72 bits per heavy atom. The van der Waals surface area contributed by atoms with Gasteiger partial charge in [-0.15, -0.1) is 0 Å². The van der Waals surface area contributed by atoms with Crippen LogP contribution in [0.1, 0.15) is 10.4 Å². The summed E-state index contributed by atoms with van der Waals surface area (Å²) in [4.78, 5) is 33.8. The van der Waals surface area contributed by atoms with E-state index in [0.717, 1.165) is 6.07 Å². The molecular weight excluding hydrogens is 350 g/mol. The Kier molecular flexibility index (Phi) is 6.04. The standard InChI is InChI=1S/C16H14ClN3O5/c1-25-9-15(21)18-11-3-5-12(6-4-11)19-16(22)10-2-7-13(17)14(8-10)20(23)24/h2-8H,9H2,1H3,(H,18,21)(H,19,22). The van der Waals surface area contributed by atoms with Crippen molar-refractivity contribution in [3.8, 4) is 0 Å². The number of ether oxygens (including phenoxy) is 1. The van der Waals surface area contributed by atoms with Gasteiger partial charge in [0.15, 0.2) is 0 Å². The summed E-state index contributed by atoms with van der Waals surface area (Å²) in [5.74, 6) is -0.816. The first-order valence-electron chi connectivity index (χ1n) is 7.05. The lowest BCUT2D eigenvalue weighted by Crippen LogP contribution is -2.17. The molecule has 0 unspecified atom stereocenters. The SMILES string of the molecule is COCC(=O)Nc1ccc(NC(=O)c2ccc(Cl)c([N+](=O)[O-])c2)cc1. The Hall–Kier alpha value is -2.97. The zero-order chi connectivity index (χ0) is 18.4. The second kappa shape index (κ2) is 8.22. The number of nitro groups is 1. The van der Waals surface area contributed by atoms with Crippen LogP contribution in [0.2, 0.25) is 5.02 Å². The normalized spacial score (nSPS) is 10.2. The summed E-state index contributed by atoms with van der Waals surface area (Å²) in [5, 5.41) is 16.1. The number of hydrogen-bond acceptors (Lipinski definition) is 5. The quantitative estimate of drug-likeness (QED) is 0.605. The fourth-order valence-corrected chi connectivity index (χ4v) is 2.15. The molecule has 2 amide bonds. The molecule has 2 aromatic carbocycles. The van der Waals surface area contributed by atoms with Crippen LogP contribution < -0.4 is 10.6 Å². The predicted molar refractivity (Wildman–Crippen MR) is 93.0 cm³/mol. The maximum absolute atomic E-state index is 12.2. The van der Waals surface area contributed by atoms with Gasteiger partial charge in [-0.2, -0.15) is 0 Å². The molecule has 0 aromatic heterocycles. The molecule has 0 spiro atoms. The molecule has 0 bridgehead atoms. The van der Waals surface area contributed by atoms with E-state index in [2.05, 4.69) is 10.6 Å². The highest BCUT2D eigenvalue weighted by Crippen LogP contribution is 2.25. The van der Waals surface area contributed by atoms with Crippen LogP contribution in [0.25, 0.3) is 0 Å². The van der Waals surface area contributed by atoms with Gasteiger partial charge < -0.3 is 15.4 Å². The Morgan fingerprint density at radius 3 is 2.28 bits per heavy atom. The van der Waals surface area contributed by atoms with Crippen LogP contribution in [-0.4, -0.2) is 30.5 Å². The molecule has 0 atom stereocenters. The topological polar surface area (TPSA) is 111 Å². The first-order chi connectivity index (χ1) is 11.9. The molecule has 0 fully saturated rings. The number of hydrogen-bond donors (Lipinski definition) is 2. The molecule has 130 valence electrons. The van der Waals surface area contributed by atoms with Gasteiger partial charge in [-0.05, 0) is 36.4 Å². The minimum atomic E-state index is -0.656. The van der Waals surface area contributed by atoms with E-state index in [4.69, 9.17) is 16.3 Å². The van der Waals surface area contributed by atoms with E-state index in [1.165, 1.54) is 19.2 Å². The number of nitro benzene ring substituents is 1. The van der Waals surface area contributed by atoms with E-state index in [1.807, 2.05) is 0 Å². The predicted octanol–water partition coefficient (Wildman–Crippen LogP) is 3.09. The van der Waals surface area contributed by atoms with Gasteiger partial charge in [0, 0.05) is 30.1 Å². The molecule has 0 aliphatic carbocycles. The first kappa shape index (κ1) is 18.4. The number of halogens is 1. The van der Waals surface area contributed by atoms with Gasteiger partial charge in [-0.1, -0.05) is 11.6 Å². The van der Waals surface area contributed by atoms with Crippen LogP contribution in [0.3, 0.4) is 0 Å². The minimum Gasteiger partial charge on any atom is -0.375 e. The van der Waals surface area contributed by atoms with Crippen LogP contribution in [-0.2, 0) is 9.53 Å². The molecule has 0 saturated carbocycles. The fraction of sp³-hybridized carbons (Fsp3) is 0.125. The number of methoxy groups -OCH3 is 1. The molecule has 0 saturated heterocycles. The number of nitrogens with zero attached hydrogens (tertiary/aromatic N) is 1. The first-order valence-corrected chi connectivity index (χ1v) is 7.42. The highest BCUT2D eigenvalue weighted by Gasteiger charge is 2.16. The van der Waals surface area contributed by atoms with E-state index >= 15 is 0 Å². The lowest BCUT2D eigenvalue weighted by atomic mass is 10.2. The van der Waals surface area contributed by atoms with Crippen LogP contribution >= 0.6 is 11.6 Å². The van der Waals surface area contributed by atoms with Gasteiger partial charge >= 0.3 is 0 Å². The second-order valence-corrected chi connectivity index (χ2v) is 5.34. The number of nitrogens with one attached hydrogen (secondary N) is 2. The number of carbonyl (C=O) groups excluding carboxylic acids is 2. The van der Waals surface area contributed by atoms with Crippen molar-refractivity contribution in [3.63, 3.8) is 0 Å². The van der Waals surface area contributed by atoms with Crippen LogP contribution in [0.5, 0.6) is 0 Å². The fourth-order valence-electron chi connectivity index (χ4n) is 1.96. The van der Waals surface area contributed by atoms with Crippen molar-refractivity contribution in [3.05, 3.63) is 63.2 Å². The van der Waals surface area contributed by atoms with Crippen molar-refractivity contribution in [2.24, 2.45) is 0 Å². The number of rotatable bonds is 6. The zero-order valence-electron chi connectivity index (χ0n) is 13.1. The molecule has 0 heterocycles. The van der Waals surface area contributed by atoms with E-state index < -0.39 is 10.8 Å². The molecule has 25 heavy (non-hydrogen) atoms. The summed E-state index contributed by atoms with van der Waals surface area (Å²) in [7, 11) is 1.42. The van der Waals surface area contributed by atoms with Crippen molar-refractivity contribution < 1.29 is 19.2 Å². The highest BCUT2D eigenvalue weighted by atomic mass is 35.5. The minimum absolute atomic E-state index is 0.0438. The second-order valence-electron chi connectivity index (χ2n) is 4.94. The molecule has 8 nitrogen and oxygen atoms in total. The average Bonchev–Trinajstić information content (AvgIpc) is 2.57. The molecular formula is C16H14ClN3O5. The summed E-state index contributed by atoms with van der Waals surface area (Å²) >= 11 is 5.72. The van der Waals surface area contributed by atoms with Gasteiger partial charge in [0.05, 0.1) is 4.92 Å². The average molecular weight is 364 g/mol. The smallest absolute Gasteiger partial charge is 0.288 e. The van der Waals surface area contributed by atoms with Crippen molar-refractivity contribution in [2.45, 2.75) is 0 Å². The number of anilines is 2. The molecule has 2 N–H and O–H groups in total. The van der Waals surface area contributed by atoms with Crippen LogP contribution in [0.15, 0.2) is 42.5 Å². The van der Waals surface area contributed by atoms with E-state index in [1.54, 1.807) is 24.3 Å². The van der Waals surface area contributed by atoms with Gasteiger partial charge in [-0.3, -0.25) is 19.7 Å². The maximum atomic E-state index is 12.2. The van der Waals surface area contributed by atoms with Gasteiger partial charge in [0.25, 0.3) is 11.6 Å². The number of benzene rings is 2. The zero-order valence-corrected chi connectivity index (χ0v) is 13.9. The number of carbonyl (C=O) groups is 2. The third-order valence-corrected chi connectivity index (χ3v) is 3.43. The summed E-state index contributed by atoms with van der Waals surface area (Å²) in [6.07, 6.45) is 0. The number of amides is 2. The van der Waals surface area contributed by atoms with E-state index in [0.29, 0.717) is 11.4 Å². The van der Waals surface area contributed by atoms with Crippen molar-refractivity contribution in [2.75, 3.05) is 24.4 Å². The molecule has 2 rings (SSSR count). The Labute approximate surface area is 147 Å².